The van der Waals surface area contributed by atoms with Crippen molar-refractivity contribution in [1.82, 2.24) is 0 Å². The van der Waals surface area contributed by atoms with Crippen LogP contribution in [0, 0.1) is 10.5 Å². The quantitative estimate of drug-likeness (QED) is 0.403. The predicted molar refractivity (Wildman–Crippen MR) is 104 cm³/mol. The normalized spacial score (nSPS) is 15.1. The van der Waals surface area contributed by atoms with Crippen LogP contribution < -0.4 is 9.47 Å². The Bertz CT molecular complexity index is 902. The molecule has 0 atom stereocenters. The molecule has 0 fully saturated rings. The van der Waals surface area contributed by atoms with E-state index in [4.69, 9.17) is 14.2 Å². The summed E-state index contributed by atoms with van der Waals surface area (Å²) >= 11 is 2.26. The molecule has 0 unspecified atom stereocenters. The molecule has 0 saturated heterocycles. The molecule has 2 aromatic rings. The summed E-state index contributed by atoms with van der Waals surface area (Å²) in [7, 11) is 3.11. The van der Waals surface area contributed by atoms with Crippen molar-refractivity contribution >= 4 is 40.5 Å². The summed E-state index contributed by atoms with van der Waals surface area (Å²) in [6.07, 6.45) is 1.64. The second-order valence-electron chi connectivity index (χ2n) is 5.38. The number of ether oxygens (including phenoxy) is 3. The number of aryl methyl sites for hydroxylation is 1. The van der Waals surface area contributed by atoms with Gasteiger partial charge in [0.15, 0.2) is 17.2 Å². The number of halogens is 1. The molecule has 2 aromatic carbocycles. The van der Waals surface area contributed by atoms with Crippen LogP contribution in [-0.2, 0) is 9.53 Å². The van der Waals surface area contributed by atoms with Gasteiger partial charge in [-0.05, 0) is 65.4 Å². The highest BCUT2D eigenvalue weighted by atomic mass is 127. The van der Waals surface area contributed by atoms with Crippen LogP contribution in [0.1, 0.15) is 16.7 Å². The van der Waals surface area contributed by atoms with Crippen LogP contribution >= 0.6 is 22.6 Å². The molecule has 1 aliphatic heterocycles. The van der Waals surface area contributed by atoms with Gasteiger partial charge in [-0.2, -0.15) is 0 Å². The lowest BCUT2D eigenvalue weighted by Gasteiger charge is -2.09. The minimum atomic E-state index is -0.490. The summed E-state index contributed by atoms with van der Waals surface area (Å²) in [5.74, 6) is 0.938. The zero-order valence-corrected chi connectivity index (χ0v) is 16.2. The van der Waals surface area contributed by atoms with E-state index in [0.717, 1.165) is 14.7 Å². The molecule has 1 heterocycles. The van der Waals surface area contributed by atoms with E-state index in [1.807, 2.05) is 37.3 Å². The molecule has 0 aromatic heterocycles. The third-order valence-electron chi connectivity index (χ3n) is 3.75. The maximum absolute atomic E-state index is 12.2. The average Bonchev–Trinajstić information content (AvgIpc) is 2.97. The SMILES string of the molecule is COc1cccc(/C=C2\N=C(c3ccc(I)c(C)c3)OC2=O)c1OC. The van der Waals surface area contributed by atoms with Gasteiger partial charge in [-0.1, -0.05) is 12.1 Å². The van der Waals surface area contributed by atoms with E-state index in [2.05, 4.69) is 27.6 Å². The van der Waals surface area contributed by atoms with Crippen LogP contribution in [0.2, 0.25) is 0 Å². The number of hydrogen-bond acceptors (Lipinski definition) is 5. The van der Waals surface area contributed by atoms with Crippen LogP contribution in [0.3, 0.4) is 0 Å². The number of nitrogens with zero attached hydrogens (tertiary/aromatic N) is 1. The first-order valence-electron chi connectivity index (χ1n) is 7.53. The van der Waals surface area contributed by atoms with E-state index in [0.29, 0.717) is 23.0 Å². The number of hydrogen-bond donors (Lipinski definition) is 0. The van der Waals surface area contributed by atoms with Gasteiger partial charge >= 0.3 is 5.97 Å². The van der Waals surface area contributed by atoms with E-state index in [1.54, 1.807) is 26.4 Å². The predicted octanol–water partition coefficient (Wildman–Crippen LogP) is 3.96. The zero-order chi connectivity index (χ0) is 18.0. The van der Waals surface area contributed by atoms with Crippen molar-refractivity contribution < 1.29 is 19.0 Å². The van der Waals surface area contributed by atoms with Gasteiger partial charge < -0.3 is 14.2 Å². The lowest BCUT2D eigenvalue weighted by molar-refractivity contribution is -0.129. The highest BCUT2D eigenvalue weighted by Crippen LogP contribution is 2.33. The number of benzene rings is 2. The van der Waals surface area contributed by atoms with Gasteiger partial charge in [-0.25, -0.2) is 9.79 Å². The molecule has 0 N–H and O–H groups in total. The standard InChI is InChI=1S/C19H16INO4/c1-11-9-13(7-8-14(11)20)18-21-15(19(22)25-18)10-12-5-4-6-16(23-2)17(12)24-3/h4-10H,1-3H3/b15-10-. The van der Waals surface area contributed by atoms with Crippen LogP contribution in [-0.4, -0.2) is 26.1 Å². The number of cyclic esters (lactones) is 1. The molecular formula is C19H16INO4. The third kappa shape index (κ3) is 3.53. The van der Waals surface area contributed by atoms with Gasteiger partial charge in [0.25, 0.3) is 0 Å². The maximum atomic E-state index is 12.2. The minimum absolute atomic E-state index is 0.220. The van der Waals surface area contributed by atoms with E-state index < -0.39 is 5.97 Å². The average molecular weight is 449 g/mol. The van der Waals surface area contributed by atoms with Crippen LogP contribution in [0.4, 0.5) is 0 Å². The van der Waals surface area contributed by atoms with E-state index >= 15 is 0 Å². The summed E-state index contributed by atoms with van der Waals surface area (Å²) < 4.78 is 17.1. The Kier molecular flexibility index (Phi) is 5.08. The van der Waals surface area contributed by atoms with Gasteiger partial charge in [0.1, 0.15) is 0 Å². The second-order valence-corrected chi connectivity index (χ2v) is 6.54. The van der Waals surface area contributed by atoms with Gasteiger partial charge in [0.05, 0.1) is 14.2 Å². The molecule has 0 aliphatic carbocycles. The van der Waals surface area contributed by atoms with E-state index in [-0.39, 0.29) is 5.70 Å². The number of carbonyl (C=O) groups is 1. The van der Waals surface area contributed by atoms with Crippen molar-refractivity contribution in [3.8, 4) is 11.5 Å². The van der Waals surface area contributed by atoms with Gasteiger partial charge in [-0.3, -0.25) is 0 Å². The lowest BCUT2D eigenvalue weighted by Crippen LogP contribution is -2.05. The molecule has 5 nitrogen and oxygen atoms in total. The molecule has 6 heteroatoms. The Morgan fingerprint density at radius 1 is 1.16 bits per heavy atom. The summed E-state index contributed by atoms with van der Waals surface area (Å²) in [5, 5.41) is 0. The molecule has 0 amide bonds. The van der Waals surface area contributed by atoms with Crippen LogP contribution in [0.5, 0.6) is 11.5 Å². The van der Waals surface area contributed by atoms with Crippen molar-refractivity contribution in [2.75, 3.05) is 14.2 Å². The monoisotopic (exact) mass is 449 g/mol. The zero-order valence-electron chi connectivity index (χ0n) is 14.0. The Morgan fingerprint density at radius 3 is 2.64 bits per heavy atom. The lowest BCUT2D eigenvalue weighted by atomic mass is 10.1. The Morgan fingerprint density at radius 2 is 1.96 bits per heavy atom. The molecule has 3 rings (SSSR count). The Balaban J connectivity index is 2.00. The summed E-state index contributed by atoms with van der Waals surface area (Å²) in [4.78, 5) is 16.5. The first-order valence-corrected chi connectivity index (χ1v) is 8.61. The Labute approximate surface area is 159 Å². The molecule has 1 aliphatic rings. The molecule has 0 spiro atoms. The third-order valence-corrected chi connectivity index (χ3v) is 4.96. The molecule has 0 bridgehead atoms. The first-order chi connectivity index (χ1) is 12.0. The van der Waals surface area contributed by atoms with E-state index in [1.165, 1.54) is 0 Å². The van der Waals surface area contributed by atoms with Crippen molar-refractivity contribution in [3.63, 3.8) is 0 Å². The number of para-hydroxylation sites is 1. The fourth-order valence-corrected chi connectivity index (χ4v) is 2.82. The molecule has 0 saturated carbocycles. The van der Waals surface area contributed by atoms with Gasteiger partial charge in [0.2, 0.25) is 5.90 Å². The fraction of sp³-hybridized carbons (Fsp3) is 0.158. The molecule has 128 valence electrons. The van der Waals surface area contributed by atoms with Crippen molar-refractivity contribution in [2.45, 2.75) is 6.92 Å². The number of carbonyl (C=O) groups excluding carboxylic acids is 1. The summed E-state index contributed by atoms with van der Waals surface area (Å²) in [6, 6.07) is 11.2. The van der Waals surface area contributed by atoms with Crippen LogP contribution in [0.15, 0.2) is 47.1 Å². The van der Waals surface area contributed by atoms with Crippen LogP contribution in [0.25, 0.3) is 6.08 Å². The van der Waals surface area contributed by atoms with Gasteiger partial charge in [0, 0.05) is 14.7 Å². The second kappa shape index (κ2) is 7.26. The highest BCUT2D eigenvalue weighted by molar-refractivity contribution is 14.1. The highest BCUT2D eigenvalue weighted by Gasteiger charge is 2.25. The molecular weight excluding hydrogens is 433 g/mol. The van der Waals surface area contributed by atoms with Gasteiger partial charge in [-0.15, -0.1) is 0 Å². The molecule has 0 radical (unpaired) electrons. The summed E-state index contributed by atoms with van der Waals surface area (Å²) in [6.45, 7) is 2.00. The van der Waals surface area contributed by atoms with Crippen molar-refractivity contribution in [1.29, 1.82) is 0 Å². The fourth-order valence-electron chi connectivity index (χ4n) is 2.48. The smallest absolute Gasteiger partial charge is 0.363 e. The number of esters is 1. The number of aliphatic imine (C=N–C) groups is 1. The summed E-state index contributed by atoms with van der Waals surface area (Å²) in [5.41, 5.74) is 2.78. The number of rotatable bonds is 4. The largest absolute Gasteiger partial charge is 0.493 e. The van der Waals surface area contributed by atoms with Crippen molar-refractivity contribution in [2.24, 2.45) is 4.99 Å². The minimum Gasteiger partial charge on any atom is -0.493 e. The molecule has 25 heavy (non-hydrogen) atoms. The Hall–Kier alpha value is -2.35. The van der Waals surface area contributed by atoms with E-state index in [9.17, 15) is 4.79 Å². The first kappa shape index (κ1) is 17.5. The number of methoxy groups -OCH3 is 2. The maximum Gasteiger partial charge on any atom is 0.363 e. The van der Waals surface area contributed by atoms with Crippen molar-refractivity contribution in [3.05, 3.63) is 62.4 Å². The topological polar surface area (TPSA) is 57.1 Å².